The van der Waals surface area contributed by atoms with E-state index in [0.717, 1.165) is 11.4 Å². The van der Waals surface area contributed by atoms with E-state index in [1.165, 1.54) is 29.5 Å². The molecule has 1 N–H and O–H groups in total. The molecular formula is C14H14ClF2NS. The lowest BCUT2D eigenvalue weighted by Crippen LogP contribution is -2.23. The van der Waals surface area contributed by atoms with E-state index in [1.807, 2.05) is 13.0 Å². The molecule has 5 heteroatoms. The van der Waals surface area contributed by atoms with Crippen molar-refractivity contribution in [2.24, 2.45) is 0 Å². The highest BCUT2D eigenvalue weighted by Gasteiger charge is 2.18. The second kappa shape index (κ2) is 6.46. The maximum absolute atomic E-state index is 13.7. The first kappa shape index (κ1) is 14.4. The average molecular weight is 302 g/mol. The number of likely N-dealkylation sites (N-methyl/N-ethyl adjacent to an activating group) is 1. The van der Waals surface area contributed by atoms with E-state index in [2.05, 4.69) is 5.32 Å². The Bertz CT molecular complexity index is 536. The number of thiophene rings is 1. The Morgan fingerprint density at radius 2 is 1.89 bits per heavy atom. The third kappa shape index (κ3) is 3.53. The second-order valence-corrected chi connectivity index (χ2v) is 5.90. The molecule has 0 saturated carbocycles. The van der Waals surface area contributed by atoms with Crippen LogP contribution in [-0.2, 0) is 6.42 Å². The molecule has 1 unspecified atom stereocenters. The zero-order valence-corrected chi connectivity index (χ0v) is 12.0. The molecule has 0 aliphatic heterocycles. The van der Waals surface area contributed by atoms with Gasteiger partial charge in [0.25, 0.3) is 0 Å². The van der Waals surface area contributed by atoms with Gasteiger partial charge in [0, 0.05) is 16.5 Å². The molecule has 0 saturated heterocycles. The molecule has 1 atom stereocenters. The Morgan fingerprint density at radius 3 is 2.42 bits per heavy atom. The van der Waals surface area contributed by atoms with E-state index in [9.17, 15) is 8.78 Å². The topological polar surface area (TPSA) is 12.0 Å². The van der Waals surface area contributed by atoms with Gasteiger partial charge in [-0.3, -0.25) is 0 Å². The van der Waals surface area contributed by atoms with Crippen molar-refractivity contribution < 1.29 is 8.78 Å². The van der Waals surface area contributed by atoms with Crippen molar-refractivity contribution in [3.63, 3.8) is 0 Å². The van der Waals surface area contributed by atoms with E-state index in [4.69, 9.17) is 11.6 Å². The van der Waals surface area contributed by atoms with Crippen LogP contribution in [0, 0.1) is 11.6 Å². The summed E-state index contributed by atoms with van der Waals surface area (Å²) in [7, 11) is 0. The van der Waals surface area contributed by atoms with Gasteiger partial charge in [0.15, 0.2) is 0 Å². The van der Waals surface area contributed by atoms with Gasteiger partial charge in [-0.2, -0.15) is 0 Å². The first-order valence-corrected chi connectivity index (χ1v) is 7.22. The Hall–Kier alpha value is -0.970. The minimum atomic E-state index is -0.509. The van der Waals surface area contributed by atoms with Crippen molar-refractivity contribution in [3.8, 4) is 0 Å². The summed E-state index contributed by atoms with van der Waals surface area (Å²) >= 11 is 7.34. The molecule has 19 heavy (non-hydrogen) atoms. The molecule has 1 nitrogen and oxygen atoms in total. The highest BCUT2D eigenvalue weighted by molar-refractivity contribution is 7.16. The lowest BCUT2D eigenvalue weighted by atomic mass is 10.0. The van der Waals surface area contributed by atoms with Crippen molar-refractivity contribution in [2.45, 2.75) is 19.4 Å². The molecule has 1 aromatic carbocycles. The number of hydrogen-bond donors (Lipinski definition) is 1. The van der Waals surface area contributed by atoms with Gasteiger partial charge < -0.3 is 5.32 Å². The first-order chi connectivity index (χ1) is 9.11. The molecule has 0 amide bonds. The van der Waals surface area contributed by atoms with Gasteiger partial charge in [-0.05, 0) is 37.2 Å². The summed E-state index contributed by atoms with van der Waals surface area (Å²) in [5.74, 6) is -1.02. The molecule has 2 aromatic rings. The minimum Gasteiger partial charge on any atom is -0.309 e. The van der Waals surface area contributed by atoms with Crippen molar-refractivity contribution in [2.75, 3.05) is 6.54 Å². The van der Waals surface area contributed by atoms with Crippen molar-refractivity contribution in [3.05, 3.63) is 56.7 Å². The van der Waals surface area contributed by atoms with Crippen LogP contribution in [0.5, 0.6) is 0 Å². The van der Waals surface area contributed by atoms with E-state index < -0.39 is 11.6 Å². The van der Waals surface area contributed by atoms with Gasteiger partial charge in [0.1, 0.15) is 11.6 Å². The first-order valence-electron chi connectivity index (χ1n) is 6.03. The maximum atomic E-state index is 13.7. The Kier molecular flexibility index (Phi) is 4.91. The van der Waals surface area contributed by atoms with Crippen molar-refractivity contribution >= 4 is 22.9 Å². The molecule has 2 rings (SSSR count). The second-order valence-electron chi connectivity index (χ2n) is 4.16. The average Bonchev–Trinajstić information content (AvgIpc) is 2.79. The van der Waals surface area contributed by atoms with E-state index in [1.54, 1.807) is 6.07 Å². The summed E-state index contributed by atoms with van der Waals surface area (Å²) in [4.78, 5) is 0.981. The SMILES string of the molecule is CCNC(Cc1c(F)cccc1F)c1ccc(Cl)s1. The summed E-state index contributed by atoms with van der Waals surface area (Å²) in [6.45, 7) is 2.68. The summed E-state index contributed by atoms with van der Waals surface area (Å²) in [5, 5.41) is 3.23. The van der Waals surface area contributed by atoms with Gasteiger partial charge in [-0.15, -0.1) is 11.3 Å². The summed E-state index contributed by atoms with van der Waals surface area (Å²) in [6, 6.07) is 7.49. The fraction of sp³-hybridized carbons (Fsp3) is 0.286. The van der Waals surface area contributed by atoms with Crippen LogP contribution in [0.2, 0.25) is 4.34 Å². The Balaban J connectivity index is 2.26. The van der Waals surface area contributed by atoms with E-state index >= 15 is 0 Å². The van der Waals surface area contributed by atoms with Crippen LogP contribution < -0.4 is 5.32 Å². The predicted octanol–water partition coefficient (Wildman–Crippen LogP) is 4.57. The quantitative estimate of drug-likeness (QED) is 0.853. The Morgan fingerprint density at radius 1 is 1.21 bits per heavy atom. The molecule has 0 aliphatic carbocycles. The normalized spacial score (nSPS) is 12.6. The van der Waals surface area contributed by atoms with Crippen LogP contribution in [0.25, 0.3) is 0 Å². The molecule has 0 radical (unpaired) electrons. The third-order valence-electron chi connectivity index (χ3n) is 2.86. The smallest absolute Gasteiger partial charge is 0.129 e. The molecule has 1 heterocycles. The summed E-state index contributed by atoms with van der Waals surface area (Å²) in [5.41, 5.74) is 0.109. The zero-order valence-electron chi connectivity index (χ0n) is 10.4. The van der Waals surface area contributed by atoms with Crippen LogP contribution >= 0.6 is 22.9 Å². The highest BCUT2D eigenvalue weighted by atomic mass is 35.5. The van der Waals surface area contributed by atoms with Crippen LogP contribution in [0.3, 0.4) is 0 Å². The molecule has 0 bridgehead atoms. The standard InChI is InChI=1S/C14H14ClF2NS/c1-2-18-12(13-6-7-14(15)19-13)8-9-10(16)4-3-5-11(9)17/h3-7,12,18H,2,8H2,1H3. The van der Waals surface area contributed by atoms with Gasteiger partial charge in [-0.25, -0.2) is 8.78 Å². The van der Waals surface area contributed by atoms with Crippen LogP contribution in [-0.4, -0.2) is 6.54 Å². The fourth-order valence-electron chi connectivity index (χ4n) is 1.97. The number of hydrogen-bond acceptors (Lipinski definition) is 2. The van der Waals surface area contributed by atoms with E-state index in [0.29, 0.717) is 4.34 Å². The largest absolute Gasteiger partial charge is 0.309 e. The van der Waals surface area contributed by atoms with Crippen LogP contribution in [0.1, 0.15) is 23.4 Å². The molecule has 1 aromatic heterocycles. The lowest BCUT2D eigenvalue weighted by molar-refractivity contribution is 0.503. The molecule has 0 spiro atoms. The monoisotopic (exact) mass is 301 g/mol. The number of benzene rings is 1. The molecule has 0 fully saturated rings. The van der Waals surface area contributed by atoms with Gasteiger partial charge >= 0.3 is 0 Å². The highest BCUT2D eigenvalue weighted by Crippen LogP contribution is 2.30. The van der Waals surface area contributed by atoms with Gasteiger partial charge in [0.05, 0.1) is 4.34 Å². The van der Waals surface area contributed by atoms with E-state index in [-0.39, 0.29) is 18.0 Å². The van der Waals surface area contributed by atoms with Gasteiger partial charge in [0.2, 0.25) is 0 Å². The van der Waals surface area contributed by atoms with Crippen LogP contribution in [0.4, 0.5) is 8.78 Å². The molecule has 0 aliphatic rings. The zero-order chi connectivity index (χ0) is 13.8. The fourth-order valence-corrected chi connectivity index (χ4v) is 3.10. The van der Waals surface area contributed by atoms with Crippen molar-refractivity contribution in [1.29, 1.82) is 0 Å². The number of halogens is 3. The third-order valence-corrected chi connectivity index (χ3v) is 4.20. The predicted molar refractivity (Wildman–Crippen MR) is 75.8 cm³/mol. The maximum Gasteiger partial charge on any atom is 0.129 e. The van der Waals surface area contributed by atoms with Crippen LogP contribution in [0.15, 0.2) is 30.3 Å². The number of rotatable bonds is 5. The Labute approximate surface area is 120 Å². The minimum absolute atomic E-state index is 0.109. The summed E-state index contributed by atoms with van der Waals surface area (Å²) in [6.07, 6.45) is 0.267. The van der Waals surface area contributed by atoms with Crippen molar-refractivity contribution in [1.82, 2.24) is 5.32 Å². The molecule has 102 valence electrons. The molecular weight excluding hydrogens is 288 g/mol. The van der Waals surface area contributed by atoms with Gasteiger partial charge in [-0.1, -0.05) is 24.6 Å². The number of nitrogens with one attached hydrogen (secondary N) is 1. The summed E-state index contributed by atoms with van der Waals surface area (Å²) < 4.78 is 28.0. The lowest BCUT2D eigenvalue weighted by Gasteiger charge is -2.17.